The van der Waals surface area contributed by atoms with E-state index in [1.165, 1.54) is 155 Å². The maximum Gasteiger partial charge on any atom is 0.0541 e. The van der Waals surface area contributed by atoms with Crippen LogP contribution >= 0.6 is 0 Å². The Morgan fingerprint density at radius 3 is 1.24 bits per heavy atom. The van der Waals surface area contributed by atoms with E-state index in [1.54, 1.807) is 0 Å². The lowest BCUT2D eigenvalue weighted by atomic mass is 9.79. The van der Waals surface area contributed by atoms with Crippen molar-refractivity contribution in [2.24, 2.45) is 0 Å². The quantitative estimate of drug-likeness (QED) is 0.141. The van der Waals surface area contributed by atoms with E-state index >= 15 is 0 Å². The SMILES string of the molecule is CC1(C)c2cc(/C=C/c3ccc(-c4ccc5c(c4)c4ccccc4n5-c4ccccc4)cc3)ccc2-c2ccc(-c3ccc4c(c3)C(C)(C)c3cc(-c5ccc6c(c5)c5ccccc5n6-c5ccc6ccccc6c5)ccc3-4)cc21. The molecule has 0 bridgehead atoms. The van der Waals surface area contributed by atoms with Crippen molar-refractivity contribution in [2.75, 3.05) is 0 Å². The largest absolute Gasteiger partial charge is 0.309 e. The molecule has 12 aromatic carbocycles. The van der Waals surface area contributed by atoms with Crippen LogP contribution in [-0.4, -0.2) is 9.13 Å². The normalized spacial score (nSPS) is 13.9. The Labute approximate surface area is 466 Å². The molecule has 2 aromatic heterocycles. The highest BCUT2D eigenvalue weighted by molar-refractivity contribution is 6.12. The van der Waals surface area contributed by atoms with Crippen molar-refractivity contribution in [1.29, 1.82) is 0 Å². The third kappa shape index (κ3) is 7.05. The molecule has 2 aliphatic rings. The fraction of sp³-hybridized carbons (Fsp3) is 0.0769. The van der Waals surface area contributed by atoms with Crippen LogP contribution in [0.15, 0.2) is 255 Å². The second-order valence-electron chi connectivity index (χ2n) is 23.3. The van der Waals surface area contributed by atoms with Crippen LogP contribution in [0.2, 0.25) is 0 Å². The molecule has 2 heteroatoms. The summed E-state index contributed by atoms with van der Waals surface area (Å²) in [5.41, 5.74) is 27.6. The molecular weight excluding hydrogens is 965 g/mol. The van der Waals surface area contributed by atoms with Gasteiger partial charge in [0.15, 0.2) is 0 Å². The zero-order valence-corrected chi connectivity index (χ0v) is 45.3. The zero-order valence-electron chi connectivity index (χ0n) is 45.3. The van der Waals surface area contributed by atoms with Crippen LogP contribution in [0.3, 0.4) is 0 Å². The Balaban J connectivity index is 0.656. The monoisotopic (exact) mass is 1020 g/mol. The molecule has 378 valence electrons. The predicted octanol–water partition coefficient (Wildman–Crippen LogP) is 20.8. The average molecular weight is 1020 g/mol. The van der Waals surface area contributed by atoms with Gasteiger partial charge in [-0.3, -0.25) is 0 Å². The van der Waals surface area contributed by atoms with E-state index in [4.69, 9.17) is 0 Å². The van der Waals surface area contributed by atoms with E-state index in [0.717, 1.165) is 0 Å². The first-order valence-electron chi connectivity index (χ1n) is 28.1. The van der Waals surface area contributed by atoms with Gasteiger partial charge in [0.1, 0.15) is 0 Å². The summed E-state index contributed by atoms with van der Waals surface area (Å²) in [4.78, 5) is 0. The molecule has 2 nitrogen and oxygen atoms in total. The molecule has 0 saturated carbocycles. The van der Waals surface area contributed by atoms with E-state index in [9.17, 15) is 0 Å². The number of para-hydroxylation sites is 3. The number of fused-ring (bicyclic) bond motifs is 13. The summed E-state index contributed by atoms with van der Waals surface area (Å²) in [6, 6.07) is 95.1. The molecule has 0 unspecified atom stereocenters. The minimum atomic E-state index is -0.174. The number of rotatable bonds is 7. The Hall–Kier alpha value is -9.76. The van der Waals surface area contributed by atoms with Crippen molar-refractivity contribution in [3.05, 3.63) is 288 Å². The van der Waals surface area contributed by atoms with Crippen LogP contribution in [0, 0.1) is 0 Å². The van der Waals surface area contributed by atoms with Gasteiger partial charge >= 0.3 is 0 Å². The highest BCUT2D eigenvalue weighted by Gasteiger charge is 2.38. The first kappa shape index (κ1) is 46.3. The summed E-state index contributed by atoms with van der Waals surface area (Å²) >= 11 is 0. The van der Waals surface area contributed by atoms with E-state index in [-0.39, 0.29) is 10.8 Å². The van der Waals surface area contributed by atoms with Crippen LogP contribution in [0.1, 0.15) is 61.1 Å². The van der Waals surface area contributed by atoms with Crippen LogP contribution < -0.4 is 0 Å². The zero-order chi connectivity index (χ0) is 53.4. The van der Waals surface area contributed by atoms with E-state index < -0.39 is 0 Å². The molecule has 0 spiro atoms. The third-order valence-corrected chi connectivity index (χ3v) is 18.1. The predicted molar refractivity (Wildman–Crippen MR) is 339 cm³/mol. The van der Waals surface area contributed by atoms with Gasteiger partial charge in [0.05, 0.1) is 22.1 Å². The minimum Gasteiger partial charge on any atom is -0.309 e. The number of nitrogens with zero attached hydrogens (tertiary/aromatic N) is 2. The average Bonchev–Trinajstić information content (AvgIpc) is 4.18. The lowest BCUT2D eigenvalue weighted by Gasteiger charge is -2.24. The Morgan fingerprint density at radius 1 is 0.263 bits per heavy atom. The Bertz CT molecular complexity index is 4920. The van der Waals surface area contributed by atoms with Gasteiger partial charge in [0, 0.05) is 43.7 Å². The molecule has 0 atom stereocenters. The molecule has 0 radical (unpaired) electrons. The van der Waals surface area contributed by atoms with Crippen LogP contribution in [0.25, 0.3) is 134 Å². The summed E-state index contributed by atoms with van der Waals surface area (Å²) in [5, 5.41) is 7.57. The van der Waals surface area contributed by atoms with Crippen molar-refractivity contribution in [1.82, 2.24) is 9.13 Å². The highest BCUT2D eigenvalue weighted by Crippen LogP contribution is 2.53. The van der Waals surface area contributed by atoms with E-state index in [1.807, 2.05) is 0 Å². The number of hydrogen-bond acceptors (Lipinski definition) is 0. The molecule has 14 aromatic rings. The minimum absolute atomic E-state index is 0.155. The molecule has 2 heterocycles. The summed E-state index contributed by atoms with van der Waals surface area (Å²) in [6.45, 7) is 9.60. The van der Waals surface area contributed by atoms with Crippen molar-refractivity contribution in [3.63, 3.8) is 0 Å². The maximum absolute atomic E-state index is 2.47. The number of aromatic nitrogens is 2. The Kier molecular flexibility index (Phi) is 10.1. The van der Waals surface area contributed by atoms with Crippen molar-refractivity contribution in [3.8, 4) is 67.0 Å². The summed E-state index contributed by atoms with van der Waals surface area (Å²) < 4.78 is 4.79. The van der Waals surface area contributed by atoms with Crippen LogP contribution in [-0.2, 0) is 10.8 Å². The second-order valence-corrected chi connectivity index (χ2v) is 23.3. The maximum atomic E-state index is 2.47. The van der Waals surface area contributed by atoms with Gasteiger partial charge in [-0.2, -0.15) is 0 Å². The number of benzene rings is 12. The van der Waals surface area contributed by atoms with Crippen molar-refractivity contribution < 1.29 is 0 Å². The molecule has 0 amide bonds. The smallest absolute Gasteiger partial charge is 0.0541 e. The molecular formula is C78H56N2. The summed E-state index contributed by atoms with van der Waals surface area (Å²) in [5.74, 6) is 0. The fourth-order valence-electron chi connectivity index (χ4n) is 13.9. The lowest BCUT2D eigenvalue weighted by molar-refractivity contribution is 0.659. The van der Waals surface area contributed by atoms with Crippen LogP contribution in [0.5, 0.6) is 0 Å². The van der Waals surface area contributed by atoms with Crippen molar-refractivity contribution >= 4 is 66.5 Å². The van der Waals surface area contributed by atoms with E-state index in [0.29, 0.717) is 0 Å². The van der Waals surface area contributed by atoms with Gasteiger partial charge in [-0.05, 0) is 179 Å². The highest BCUT2D eigenvalue weighted by atomic mass is 15.0. The molecule has 2 aliphatic carbocycles. The van der Waals surface area contributed by atoms with Gasteiger partial charge in [0.2, 0.25) is 0 Å². The first-order chi connectivity index (χ1) is 39.1. The number of hydrogen-bond donors (Lipinski definition) is 0. The van der Waals surface area contributed by atoms with Gasteiger partial charge in [-0.15, -0.1) is 0 Å². The topological polar surface area (TPSA) is 9.86 Å². The standard InChI is InChI=1S/C78H56N2/c1-77(2)69-42-50(23-22-49-24-27-52(28-25-49)54-33-40-75-67(44-54)65-18-10-12-20-73(65)79(75)59-16-6-5-7-17-59)26-36-61(69)62-38-31-57(47-70(62)77)58-32-39-64-63-37-30-56(46-71(63)78(3,4)72(64)48-58)55-34-41-76-68(45-55)66-19-11-13-21-74(66)80(76)60-35-29-51-14-8-9-15-53(51)43-60/h5-48H,1-4H3/b23-22+. The molecule has 16 rings (SSSR count). The van der Waals surface area contributed by atoms with Gasteiger partial charge in [0.25, 0.3) is 0 Å². The van der Waals surface area contributed by atoms with Gasteiger partial charge in [-0.25, -0.2) is 0 Å². The molecule has 0 fully saturated rings. The second kappa shape index (κ2) is 17.4. The molecule has 0 aliphatic heterocycles. The first-order valence-corrected chi connectivity index (χ1v) is 28.1. The molecule has 0 saturated heterocycles. The summed E-state index contributed by atoms with van der Waals surface area (Å²) in [7, 11) is 0. The Morgan fingerprint density at radius 2 is 0.662 bits per heavy atom. The summed E-state index contributed by atoms with van der Waals surface area (Å²) in [6.07, 6.45) is 4.51. The van der Waals surface area contributed by atoms with Crippen LogP contribution in [0.4, 0.5) is 0 Å². The fourth-order valence-corrected chi connectivity index (χ4v) is 13.9. The molecule has 0 N–H and O–H groups in total. The van der Waals surface area contributed by atoms with Gasteiger partial charge in [-0.1, -0.05) is 216 Å². The molecule has 80 heavy (non-hydrogen) atoms. The lowest BCUT2D eigenvalue weighted by Crippen LogP contribution is -2.15. The van der Waals surface area contributed by atoms with E-state index in [2.05, 4.69) is 304 Å². The third-order valence-electron chi connectivity index (χ3n) is 18.1. The van der Waals surface area contributed by atoms with Gasteiger partial charge < -0.3 is 9.13 Å². The van der Waals surface area contributed by atoms with Crippen molar-refractivity contribution in [2.45, 2.75) is 38.5 Å².